The summed E-state index contributed by atoms with van der Waals surface area (Å²) in [4.78, 5) is 19.4. The highest BCUT2D eigenvalue weighted by Gasteiger charge is 2.16. The van der Waals surface area contributed by atoms with E-state index in [1.165, 1.54) is 0 Å². The molecule has 27 heavy (non-hydrogen) atoms. The molecule has 1 N–H and O–H groups in total. The number of hydrogen-bond acceptors (Lipinski definition) is 6. The smallest absolute Gasteiger partial charge is 0.257 e. The number of nitriles is 1. The van der Waals surface area contributed by atoms with Crippen molar-refractivity contribution in [1.82, 2.24) is 9.88 Å². The summed E-state index contributed by atoms with van der Waals surface area (Å²) >= 11 is 1.56. The molecule has 1 aromatic carbocycles. The lowest BCUT2D eigenvalue weighted by molar-refractivity contribution is 0.0410. The van der Waals surface area contributed by atoms with Gasteiger partial charge < -0.3 is 10.1 Å². The van der Waals surface area contributed by atoms with Crippen LogP contribution in [0.15, 0.2) is 41.4 Å². The molecule has 1 aliphatic heterocycles. The SMILES string of the molecule is Cc1nc(SCCN2CCOCC2)c(C#N)cc1C(=O)Nc1ccccc1. The number of rotatable bonds is 6. The molecule has 1 fully saturated rings. The normalized spacial score (nSPS) is 14.5. The fourth-order valence-corrected chi connectivity index (χ4v) is 3.82. The number of carbonyl (C=O) groups is 1. The van der Waals surface area contributed by atoms with Crippen molar-refractivity contribution in [2.24, 2.45) is 0 Å². The van der Waals surface area contributed by atoms with Crippen LogP contribution in [-0.2, 0) is 4.74 Å². The molecule has 1 aliphatic rings. The molecule has 0 unspecified atom stereocenters. The van der Waals surface area contributed by atoms with Crippen LogP contribution >= 0.6 is 11.8 Å². The number of nitrogens with zero attached hydrogens (tertiary/aromatic N) is 3. The second-order valence-corrected chi connectivity index (χ2v) is 7.29. The summed E-state index contributed by atoms with van der Waals surface area (Å²) in [6.07, 6.45) is 0. The third kappa shape index (κ3) is 5.30. The Morgan fingerprint density at radius 1 is 1.33 bits per heavy atom. The van der Waals surface area contributed by atoms with Crippen LogP contribution in [0.4, 0.5) is 5.69 Å². The summed E-state index contributed by atoms with van der Waals surface area (Å²) in [5, 5.41) is 13.0. The number of amides is 1. The van der Waals surface area contributed by atoms with Crippen molar-refractivity contribution in [3.8, 4) is 6.07 Å². The van der Waals surface area contributed by atoms with Gasteiger partial charge in [-0.3, -0.25) is 9.69 Å². The Morgan fingerprint density at radius 2 is 2.07 bits per heavy atom. The number of morpholine rings is 1. The van der Waals surface area contributed by atoms with E-state index < -0.39 is 0 Å². The molecule has 0 atom stereocenters. The van der Waals surface area contributed by atoms with Crippen molar-refractivity contribution in [2.45, 2.75) is 11.9 Å². The van der Waals surface area contributed by atoms with Crippen molar-refractivity contribution >= 4 is 23.4 Å². The number of aryl methyl sites for hydroxylation is 1. The highest BCUT2D eigenvalue weighted by atomic mass is 32.2. The van der Waals surface area contributed by atoms with Gasteiger partial charge in [0.15, 0.2) is 0 Å². The first-order valence-electron chi connectivity index (χ1n) is 8.88. The quantitative estimate of drug-likeness (QED) is 0.774. The summed E-state index contributed by atoms with van der Waals surface area (Å²) < 4.78 is 5.35. The van der Waals surface area contributed by atoms with E-state index in [2.05, 4.69) is 21.3 Å². The highest BCUT2D eigenvalue weighted by Crippen LogP contribution is 2.23. The lowest BCUT2D eigenvalue weighted by Gasteiger charge is -2.26. The van der Waals surface area contributed by atoms with Gasteiger partial charge >= 0.3 is 0 Å². The average molecular weight is 382 g/mol. The molecular formula is C20H22N4O2S. The summed E-state index contributed by atoms with van der Waals surface area (Å²) in [5.41, 5.74) is 2.19. The Hall–Kier alpha value is -2.40. The van der Waals surface area contributed by atoms with E-state index in [9.17, 15) is 10.1 Å². The zero-order chi connectivity index (χ0) is 19.1. The van der Waals surface area contributed by atoms with Gasteiger partial charge in [-0.1, -0.05) is 18.2 Å². The van der Waals surface area contributed by atoms with Crippen LogP contribution in [0, 0.1) is 18.3 Å². The zero-order valence-corrected chi connectivity index (χ0v) is 16.1. The van der Waals surface area contributed by atoms with Crippen LogP contribution in [0.3, 0.4) is 0 Å². The second kappa shape index (κ2) is 9.51. The molecule has 0 saturated carbocycles. The van der Waals surface area contributed by atoms with E-state index in [0.29, 0.717) is 27.5 Å². The number of ether oxygens (including phenoxy) is 1. The lowest BCUT2D eigenvalue weighted by atomic mass is 10.1. The van der Waals surface area contributed by atoms with Gasteiger partial charge in [0.2, 0.25) is 0 Å². The van der Waals surface area contributed by atoms with Crippen LogP contribution in [0.5, 0.6) is 0 Å². The van der Waals surface area contributed by atoms with E-state index >= 15 is 0 Å². The molecule has 140 valence electrons. The molecule has 0 aliphatic carbocycles. The van der Waals surface area contributed by atoms with Gasteiger partial charge in [0.1, 0.15) is 11.1 Å². The molecule has 7 heteroatoms. The third-order valence-electron chi connectivity index (χ3n) is 4.32. The number of aromatic nitrogens is 1. The molecule has 0 spiro atoms. The fraction of sp³-hybridized carbons (Fsp3) is 0.350. The van der Waals surface area contributed by atoms with Crippen LogP contribution in [0.1, 0.15) is 21.6 Å². The monoisotopic (exact) mass is 382 g/mol. The molecule has 0 radical (unpaired) electrons. The predicted octanol–water partition coefficient (Wildman–Crippen LogP) is 2.94. The van der Waals surface area contributed by atoms with Crippen molar-refractivity contribution < 1.29 is 9.53 Å². The van der Waals surface area contributed by atoms with E-state index in [1.54, 1.807) is 24.8 Å². The molecule has 2 aromatic rings. The number of thioether (sulfide) groups is 1. The zero-order valence-electron chi connectivity index (χ0n) is 15.3. The van der Waals surface area contributed by atoms with Crippen molar-refractivity contribution in [3.05, 3.63) is 53.2 Å². The number of pyridine rings is 1. The maximum atomic E-state index is 12.5. The third-order valence-corrected chi connectivity index (χ3v) is 5.30. The molecular weight excluding hydrogens is 360 g/mol. The van der Waals surface area contributed by atoms with Gasteiger partial charge in [-0.25, -0.2) is 4.98 Å². The number of benzene rings is 1. The van der Waals surface area contributed by atoms with Crippen LogP contribution in [-0.4, -0.2) is 54.4 Å². The molecule has 1 aromatic heterocycles. The Balaban J connectivity index is 1.67. The summed E-state index contributed by atoms with van der Waals surface area (Å²) in [6, 6.07) is 13.1. The first kappa shape index (κ1) is 19.4. The minimum atomic E-state index is -0.257. The maximum absolute atomic E-state index is 12.5. The average Bonchev–Trinajstić information content (AvgIpc) is 2.69. The Bertz CT molecular complexity index is 830. The Morgan fingerprint density at radius 3 is 2.78 bits per heavy atom. The number of anilines is 1. The van der Waals surface area contributed by atoms with Gasteiger partial charge in [-0.2, -0.15) is 5.26 Å². The predicted molar refractivity (Wildman–Crippen MR) is 106 cm³/mol. The van der Waals surface area contributed by atoms with E-state index in [-0.39, 0.29) is 5.91 Å². The molecule has 1 amide bonds. The lowest BCUT2D eigenvalue weighted by Crippen LogP contribution is -2.37. The Kier molecular flexibility index (Phi) is 6.82. The number of nitrogens with one attached hydrogen (secondary N) is 1. The van der Waals surface area contributed by atoms with Gasteiger partial charge in [0.25, 0.3) is 5.91 Å². The minimum Gasteiger partial charge on any atom is -0.379 e. The van der Waals surface area contributed by atoms with Crippen LogP contribution in [0.25, 0.3) is 0 Å². The Labute approximate surface area is 163 Å². The van der Waals surface area contributed by atoms with Gasteiger partial charge in [0, 0.05) is 31.1 Å². The van der Waals surface area contributed by atoms with Crippen LogP contribution < -0.4 is 5.32 Å². The van der Waals surface area contributed by atoms with E-state index in [4.69, 9.17) is 4.74 Å². The molecule has 6 nitrogen and oxygen atoms in total. The number of hydrogen-bond donors (Lipinski definition) is 1. The fourth-order valence-electron chi connectivity index (χ4n) is 2.82. The maximum Gasteiger partial charge on any atom is 0.257 e. The number of carbonyl (C=O) groups excluding carboxylic acids is 1. The summed E-state index contributed by atoms with van der Waals surface area (Å²) in [6.45, 7) is 6.16. The first-order chi connectivity index (χ1) is 13.2. The van der Waals surface area contributed by atoms with Crippen molar-refractivity contribution in [3.63, 3.8) is 0 Å². The minimum absolute atomic E-state index is 0.257. The largest absolute Gasteiger partial charge is 0.379 e. The molecule has 0 bridgehead atoms. The summed E-state index contributed by atoms with van der Waals surface area (Å²) in [7, 11) is 0. The second-order valence-electron chi connectivity index (χ2n) is 6.21. The standard InChI is InChI=1S/C20H22N4O2S/c1-15-18(19(25)23-17-5-3-2-4-6-17)13-16(14-21)20(22-15)27-12-9-24-7-10-26-11-8-24/h2-6,13H,7-12H2,1H3,(H,23,25). The topological polar surface area (TPSA) is 78.2 Å². The van der Waals surface area contributed by atoms with Crippen LogP contribution in [0.2, 0.25) is 0 Å². The van der Waals surface area contributed by atoms with Crippen molar-refractivity contribution in [1.29, 1.82) is 5.26 Å². The van der Waals surface area contributed by atoms with Gasteiger partial charge in [-0.15, -0.1) is 11.8 Å². The highest BCUT2D eigenvalue weighted by molar-refractivity contribution is 7.99. The number of para-hydroxylation sites is 1. The van der Waals surface area contributed by atoms with Gasteiger partial charge in [-0.05, 0) is 25.1 Å². The summed E-state index contributed by atoms with van der Waals surface area (Å²) in [5.74, 6) is 0.587. The molecule has 3 rings (SSSR count). The first-order valence-corrected chi connectivity index (χ1v) is 9.87. The molecule has 2 heterocycles. The van der Waals surface area contributed by atoms with E-state index in [0.717, 1.165) is 38.6 Å². The van der Waals surface area contributed by atoms with Crippen molar-refractivity contribution in [2.75, 3.05) is 43.9 Å². The van der Waals surface area contributed by atoms with E-state index in [1.807, 2.05) is 30.3 Å². The van der Waals surface area contributed by atoms with Gasteiger partial charge in [0.05, 0.1) is 30.0 Å². The molecule has 1 saturated heterocycles.